The Hall–Kier alpha value is -1.72. The Labute approximate surface area is 175 Å². The number of carbonyl (C=O) groups is 1. The monoisotopic (exact) mass is 421 g/mol. The number of amides is 1. The number of fused-ring (bicyclic) bond motifs is 6. The van der Waals surface area contributed by atoms with E-state index in [1.165, 1.54) is 19.3 Å². The van der Waals surface area contributed by atoms with Crippen LogP contribution in [0.3, 0.4) is 0 Å². The molecule has 3 aliphatic rings. The molecule has 4 rings (SSSR count). The van der Waals surface area contributed by atoms with Crippen molar-refractivity contribution in [3.8, 4) is 5.75 Å². The molecule has 1 aliphatic carbocycles. The molecule has 0 spiro atoms. The van der Waals surface area contributed by atoms with Crippen LogP contribution < -0.4 is 10.1 Å². The SMILES string of the molecule is CCCCCCCNC(=O)Oc1c(Cl)cc2c(c1Cl)CN1C(=N2)C2C=CC1C2. The van der Waals surface area contributed by atoms with Crippen LogP contribution in [0, 0.1) is 5.92 Å². The minimum absolute atomic E-state index is 0.212. The maximum atomic E-state index is 12.2. The Morgan fingerprint density at radius 2 is 2.11 bits per heavy atom. The highest BCUT2D eigenvalue weighted by molar-refractivity contribution is 6.38. The zero-order valence-corrected chi connectivity index (χ0v) is 17.5. The van der Waals surface area contributed by atoms with Crippen LogP contribution in [0.2, 0.25) is 10.0 Å². The summed E-state index contributed by atoms with van der Waals surface area (Å²) in [6.45, 7) is 3.42. The maximum Gasteiger partial charge on any atom is 0.412 e. The number of hydrogen-bond acceptors (Lipinski definition) is 4. The second-order valence-electron chi connectivity index (χ2n) is 7.62. The first-order chi connectivity index (χ1) is 13.6. The van der Waals surface area contributed by atoms with E-state index in [-0.39, 0.29) is 5.75 Å². The molecule has 1 fully saturated rings. The van der Waals surface area contributed by atoms with Gasteiger partial charge in [0.2, 0.25) is 0 Å². The van der Waals surface area contributed by atoms with Crippen molar-refractivity contribution in [2.45, 2.75) is 58.0 Å². The number of nitrogens with zero attached hydrogens (tertiary/aromatic N) is 2. The number of benzene rings is 1. The van der Waals surface area contributed by atoms with E-state index >= 15 is 0 Å². The van der Waals surface area contributed by atoms with Gasteiger partial charge in [-0.05, 0) is 18.9 Å². The van der Waals surface area contributed by atoms with Gasteiger partial charge in [-0.15, -0.1) is 0 Å². The van der Waals surface area contributed by atoms with Gasteiger partial charge in [-0.25, -0.2) is 9.79 Å². The van der Waals surface area contributed by atoms with Crippen molar-refractivity contribution in [1.82, 2.24) is 10.2 Å². The first-order valence-corrected chi connectivity index (χ1v) is 10.8. The van der Waals surface area contributed by atoms with Crippen molar-refractivity contribution in [1.29, 1.82) is 0 Å². The summed E-state index contributed by atoms with van der Waals surface area (Å²) in [5, 5.41) is 3.45. The van der Waals surface area contributed by atoms with E-state index in [1.54, 1.807) is 6.07 Å². The number of ether oxygens (including phenoxy) is 1. The van der Waals surface area contributed by atoms with Crippen molar-refractivity contribution >= 4 is 40.8 Å². The molecule has 2 atom stereocenters. The van der Waals surface area contributed by atoms with Gasteiger partial charge in [-0.3, -0.25) is 0 Å². The summed E-state index contributed by atoms with van der Waals surface area (Å²) in [6, 6.07) is 2.12. The van der Waals surface area contributed by atoms with Crippen LogP contribution in [0.1, 0.15) is 51.0 Å². The van der Waals surface area contributed by atoms with Crippen molar-refractivity contribution in [2.75, 3.05) is 6.54 Å². The molecule has 2 bridgehead atoms. The van der Waals surface area contributed by atoms with E-state index in [2.05, 4.69) is 29.3 Å². The van der Waals surface area contributed by atoms with Gasteiger partial charge in [0.1, 0.15) is 5.84 Å². The summed E-state index contributed by atoms with van der Waals surface area (Å²) in [5.74, 6) is 1.68. The normalized spacial score (nSPS) is 21.4. The molecular weight excluding hydrogens is 397 g/mol. The third-order valence-electron chi connectivity index (χ3n) is 5.65. The third kappa shape index (κ3) is 3.74. The second kappa shape index (κ2) is 8.34. The standard InChI is InChI=1S/C21H25Cl2N3O2/c1-2-3-4-5-6-9-24-21(27)28-19-16(22)11-17-15(18(19)23)12-26-14-8-7-13(10-14)20(26)25-17/h7-8,11,13-14H,2-6,9-10,12H2,1H3,(H,24,27). The predicted molar refractivity (Wildman–Crippen MR) is 113 cm³/mol. The van der Waals surface area contributed by atoms with Gasteiger partial charge in [0, 0.05) is 30.6 Å². The van der Waals surface area contributed by atoms with Crippen LogP contribution in [0.4, 0.5) is 10.5 Å². The molecule has 28 heavy (non-hydrogen) atoms. The number of hydrogen-bond donors (Lipinski definition) is 1. The Balaban J connectivity index is 1.42. The van der Waals surface area contributed by atoms with Crippen LogP contribution in [-0.2, 0) is 6.54 Å². The number of nitrogens with one attached hydrogen (secondary N) is 1. The van der Waals surface area contributed by atoms with Crippen LogP contribution in [0.15, 0.2) is 23.2 Å². The molecule has 1 N–H and O–H groups in total. The van der Waals surface area contributed by atoms with Gasteiger partial charge < -0.3 is 15.0 Å². The summed E-state index contributed by atoms with van der Waals surface area (Å²) < 4.78 is 5.45. The summed E-state index contributed by atoms with van der Waals surface area (Å²) in [7, 11) is 0. The van der Waals surface area contributed by atoms with Gasteiger partial charge in [0.25, 0.3) is 0 Å². The molecule has 1 aromatic carbocycles. The zero-order chi connectivity index (χ0) is 19.7. The van der Waals surface area contributed by atoms with Gasteiger partial charge in [-0.1, -0.05) is 68.0 Å². The van der Waals surface area contributed by atoms with E-state index in [0.717, 1.165) is 36.3 Å². The quantitative estimate of drug-likeness (QED) is 0.443. The molecule has 1 aromatic rings. The number of rotatable bonds is 7. The molecule has 0 aromatic heterocycles. The summed E-state index contributed by atoms with van der Waals surface area (Å²) >= 11 is 12.9. The van der Waals surface area contributed by atoms with E-state index < -0.39 is 6.09 Å². The van der Waals surface area contributed by atoms with E-state index in [9.17, 15) is 4.79 Å². The van der Waals surface area contributed by atoms with Gasteiger partial charge in [0.05, 0.1) is 15.7 Å². The van der Waals surface area contributed by atoms with E-state index in [4.69, 9.17) is 32.9 Å². The molecule has 2 aliphatic heterocycles. The number of amidine groups is 1. The molecule has 2 unspecified atom stereocenters. The Morgan fingerprint density at radius 3 is 2.93 bits per heavy atom. The average Bonchev–Trinajstić information content (AvgIpc) is 3.29. The minimum Gasteiger partial charge on any atom is -0.407 e. The minimum atomic E-state index is -0.526. The molecular formula is C21H25Cl2N3O2. The Kier molecular flexibility index (Phi) is 5.83. The summed E-state index contributed by atoms with van der Waals surface area (Å²) in [5.41, 5.74) is 1.63. The van der Waals surface area contributed by atoms with Gasteiger partial charge >= 0.3 is 6.09 Å². The number of halogens is 2. The van der Waals surface area contributed by atoms with E-state index in [1.807, 2.05) is 0 Å². The maximum absolute atomic E-state index is 12.2. The highest BCUT2D eigenvalue weighted by atomic mass is 35.5. The highest BCUT2D eigenvalue weighted by Gasteiger charge is 2.41. The van der Waals surface area contributed by atoms with Crippen molar-refractivity contribution in [3.05, 3.63) is 33.8 Å². The van der Waals surface area contributed by atoms with Crippen LogP contribution in [0.25, 0.3) is 0 Å². The molecule has 1 amide bonds. The van der Waals surface area contributed by atoms with Crippen molar-refractivity contribution < 1.29 is 9.53 Å². The third-order valence-corrected chi connectivity index (χ3v) is 6.33. The summed E-state index contributed by atoms with van der Waals surface area (Å²) in [6.07, 6.45) is 10.6. The molecule has 7 heteroatoms. The average molecular weight is 422 g/mol. The lowest BCUT2D eigenvalue weighted by molar-refractivity contribution is 0.200. The predicted octanol–water partition coefficient (Wildman–Crippen LogP) is 5.86. The fourth-order valence-corrected chi connectivity index (χ4v) is 4.72. The molecule has 0 radical (unpaired) electrons. The zero-order valence-electron chi connectivity index (χ0n) is 16.0. The fourth-order valence-electron chi connectivity index (χ4n) is 4.14. The van der Waals surface area contributed by atoms with Crippen molar-refractivity contribution in [3.63, 3.8) is 0 Å². The van der Waals surface area contributed by atoms with Crippen LogP contribution >= 0.6 is 23.2 Å². The lowest BCUT2D eigenvalue weighted by Gasteiger charge is -2.32. The molecule has 0 saturated carbocycles. The number of unbranched alkanes of at least 4 members (excludes halogenated alkanes) is 4. The Morgan fingerprint density at radius 1 is 1.29 bits per heavy atom. The lowest BCUT2D eigenvalue weighted by Crippen LogP contribution is -2.36. The van der Waals surface area contributed by atoms with Crippen LogP contribution in [-0.4, -0.2) is 29.4 Å². The van der Waals surface area contributed by atoms with Gasteiger partial charge in [0.15, 0.2) is 5.75 Å². The first kappa shape index (κ1) is 19.6. The lowest BCUT2D eigenvalue weighted by atomic mass is 10.1. The number of carbonyl (C=O) groups excluding carboxylic acids is 1. The smallest absolute Gasteiger partial charge is 0.407 e. The molecule has 1 saturated heterocycles. The van der Waals surface area contributed by atoms with Crippen molar-refractivity contribution in [2.24, 2.45) is 10.9 Å². The number of aliphatic imine (C=N–C) groups is 1. The first-order valence-electron chi connectivity index (χ1n) is 10.1. The summed E-state index contributed by atoms with van der Waals surface area (Å²) in [4.78, 5) is 19.2. The van der Waals surface area contributed by atoms with E-state index in [0.29, 0.717) is 35.1 Å². The molecule has 5 nitrogen and oxygen atoms in total. The second-order valence-corrected chi connectivity index (χ2v) is 8.41. The molecule has 150 valence electrons. The van der Waals surface area contributed by atoms with Gasteiger partial charge in [-0.2, -0.15) is 0 Å². The topological polar surface area (TPSA) is 53.9 Å². The molecule has 2 heterocycles. The largest absolute Gasteiger partial charge is 0.412 e. The Bertz CT molecular complexity index is 837. The fraction of sp³-hybridized carbons (Fsp3) is 0.524. The van der Waals surface area contributed by atoms with Crippen LogP contribution in [0.5, 0.6) is 5.75 Å². The highest BCUT2D eigenvalue weighted by Crippen LogP contribution is 2.47.